The van der Waals surface area contributed by atoms with Gasteiger partial charge in [-0.2, -0.15) is 0 Å². The minimum atomic E-state index is -1.00. The summed E-state index contributed by atoms with van der Waals surface area (Å²) in [6.07, 6.45) is 6.12. The Morgan fingerprint density at radius 1 is 1.07 bits per heavy atom. The van der Waals surface area contributed by atoms with Crippen LogP contribution in [0.25, 0.3) is 22.2 Å². The van der Waals surface area contributed by atoms with Crippen LogP contribution in [0.3, 0.4) is 0 Å². The van der Waals surface area contributed by atoms with Crippen molar-refractivity contribution in [2.75, 3.05) is 7.11 Å². The van der Waals surface area contributed by atoms with Gasteiger partial charge in [-0.3, -0.25) is 9.59 Å². The third-order valence-corrected chi connectivity index (χ3v) is 7.19. The molecule has 0 saturated carbocycles. The predicted octanol–water partition coefficient (Wildman–Crippen LogP) is 5.90. The Hall–Kier alpha value is -4.40. The number of H-pyrrole nitrogens is 2. The van der Waals surface area contributed by atoms with Gasteiger partial charge in [-0.05, 0) is 55.7 Å². The molecule has 0 saturated heterocycles. The van der Waals surface area contributed by atoms with Crippen LogP contribution in [0, 0.1) is 6.92 Å². The van der Waals surface area contributed by atoms with E-state index in [2.05, 4.69) is 20.3 Å². The van der Waals surface area contributed by atoms with Crippen molar-refractivity contribution in [3.8, 4) is 17.0 Å². The summed E-state index contributed by atoms with van der Waals surface area (Å²) in [5, 5.41) is 13.5. The Kier molecular flexibility index (Phi) is 9.37. The molecule has 0 aliphatic heterocycles. The fourth-order valence-electron chi connectivity index (χ4n) is 4.90. The van der Waals surface area contributed by atoms with E-state index in [1.807, 2.05) is 38.1 Å². The van der Waals surface area contributed by atoms with Crippen LogP contribution in [0.4, 0.5) is 0 Å². The molecule has 4 N–H and O–H groups in total. The van der Waals surface area contributed by atoms with Gasteiger partial charge in [0.2, 0.25) is 5.91 Å². The summed E-state index contributed by atoms with van der Waals surface area (Å²) in [7, 11) is 1.62. The van der Waals surface area contributed by atoms with Gasteiger partial charge in [0.05, 0.1) is 37.0 Å². The van der Waals surface area contributed by atoms with E-state index in [9.17, 15) is 19.5 Å². The molecule has 0 aliphatic carbocycles. The first-order chi connectivity index (χ1) is 19.3. The number of nitrogens with zero attached hydrogens (tertiary/aromatic N) is 1. The van der Waals surface area contributed by atoms with Gasteiger partial charge in [0.1, 0.15) is 17.4 Å². The predicted molar refractivity (Wildman–Crippen MR) is 154 cm³/mol. The van der Waals surface area contributed by atoms with Crippen molar-refractivity contribution in [3.05, 3.63) is 71.3 Å². The number of methoxy groups -OCH3 is 1. The summed E-state index contributed by atoms with van der Waals surface area (Å²) in [4.78, 5) is 47.6. The lowest BCUT2D eigenvalue weighted by Gasteiger charge is -2.17. The second-order valence-electron chi connectivity index (χ2n) is 10.00. The molecule has 0 fully saturated rings. The molecule has 2 aromatic heterocycles. The number of carbonyl (C=O) groups excluding carboxylic acids is 2. The van der Waals surface area contributed by atoms with Crippen molar-refractivity contribution < 1.29 is 24.2 Å². The minimum Gasteiger partial charge on any atom is -0.497 e. The summed E-state index contributed by atoms with van der Waals surface area (Å²) in [6, 6.07) is 12.0. The number of carbonyl (C=O) groups is 3. The highest BCUT2D eigenvalue weighted by Crippen LogP contribution is 2.28. The summed E-state index contributed by atoms with van der Waals surface area (Å²) in [6.45, 7) is 3.83. The number of Topliss-reactive ketones (excluding diaryl/α,β-unsaturated/α-hetero) is 1. The van der Waals surface area contributed by atoms with E-state index in [0.29, 0.717) is 36.3 Å². The zero-order chi connectivity index (χ0) is 28.6. The SMILES string of the molecule is CCC(=O)CCCCC[C@H](NC(=O)Cc1c(C)[nH]c2ccc(OC)cc12)c1ncc(-c2cccc(C(=O)O)c2)[nH]1. The second-order valence-corrected chi connectivity index (χ2v) is 10.00. The van der Waals surface area contributed by atoms with Crippen molar-refractivity contribution >= 4 is 28.6 Å². The molecule has 0 aliphatic rings. The standard InChI is InChI=1S/C31H36N4O5/c1-4-22(36)11-6-5-7-12-27(30-32-18-28(35-30)20-9-8-10-21(15-20)31(38)39)34-29(37)17-24-19(2)33-26-14-13-23(40-3)16-25(24)26/h8-10,13-16,18,27,33H,4-7,11-12,17H2,1-3H3,(H,32,35)(H,34,37)(H,38,39)/t27-/m0/s1. The van der Waals surface area contributed by atoms with Crippen molar-refractivity contribution in [1.29, 1.82) is 0 Å². The van der Waals surface area contributed by atoms with E-state index < -0.39 is 5.97 Å². The maximum Gasteiger partial charge on any atom is 0.335 e. The molecule has 9 heteroatoms. The third kappa shape index (κ3) is 6.97. The number of aromatic carboxylic acids is 1. The normalized spacial score (nSPS) is 11.9. The first-order valence-electron chi connectivity index (χ1n) is 13.6. The van der Waals surface area contributed by atoms with Gasteiger partial charge >= 0.3 is 5.97 Å². The van der Waals surface area contributed by atoms with Gasteiger partial charge in [0.25, 0.3) is 0 Å². The number of aromatic amines is 2. The summed E-state index contributed by atoms with van der Waals surface area (Å²) < 4.78 is 5.38. The number of hydrogen-bond donors (Lipinski definition) is 4. The smallest absolute Gasteiger partial charge is 0.335 e. The van der Waals surface area contributed by atoms with Gasteiger partial charge in [-0.15, -0.1) is 0 Å². The van der Waals surface area contributed by atoms with Crippen LogP contribution in [0.5, 0.6) is 5.75 Å². The molecular formula is C31H36N4O5. The Bertz CT molecular complexity index is 1500. The molecule has 2 heterocycles. The minimum absolute atomic E-state index is 0.135. The number of benzene rings is 2. The molecule has 4 rings (SSSR count). The zero-order valence-corrected chi connectivity index (χ0v) is 23.2. The van der Waals surface area contributed by atoms with Crippen LogP contribution in [0.1, 0.15) is 78.9 Å². The van der Waals surface area contributed by atoms with Gasteiger partial charge < -0.3 is 25.1 Å². The van der Waals surface area contributed by atoms with Gasteiger partial charge in [-0.25, -0.2) is 9.78 Å². The lowest BCUT2D eigenvalue weighted by Crippen LogP contribution is -2.30. The molecule has 9 nitrogen and oxygen atoms in total. The Morgan fingerprint density at radius 2 is 1.90 bits per heavy atom. The molecule has 4 aromatic rings. The number of imidazole rings is 1. The Balaban J connectivity index is 1.52. The fourth-order valence-corrected chi connectivity index (χ4v) is 4.90. The van der Waals surface area contributed by atoms with Crippen molar-refractivity contribution in [3.63, 3.8) is 0 Å². The van der Waals surface area contributed by atoms with Crippen LogP contribution in [0.2, 0.25) is 0 Å². The molecule has 1 atom stereocenters. The van der Waals surface area contributed by atoms with Gasteiger partial charge in [0.15, 0.2) is 0 Å². The zero-order valence-electron chi connectivity index (χ0n) is 23.2. The summed E-state index contributed by atoms with van der Waals surface area (Å²) in [5.41, 5.74) is 4.34. The van der Waals surface area contributed by atoms with Crippen LogP contribution in [-0.2, 0) is 16.0 Å². The topological polar surface area (TPSA) is 137 Å². The number of hydrogen-bond acceptors (Lipinski definition) is 5. The highest BCUT2D eigenvalue weighted by atomic mass is 16.5. The lowest BCUT2D eigenvalue weighted by atomic mass is 10.0. The quantitative estimate of drug-likeness (QED) is 0.146. The molecule has 210 valence electrons. The number of carboxylic acids is 1. The summed E-state index contributed by atoms with van der Waals surface area (Å²) in [5.74, 6) is 0.450. The number of rotatable bonds is 14. The molecule has 2 aromatic carbocycles. The van der Waals surface area contributed by atoms with Crippen LogP contribution in [0.15, 0.2) is 48.7 Å². The molecule has 1 amide bonds. The lowest BCUT2D eigenvalue weighted by molar-refractivity contribution is -0.121. The number of ketones is 1. The summed E-state index contributed by atoms with van der Waals surface area (Å²) >= 11 is 0. The number of fused-ring (bicyclic) bond motifs is 1. The Morgan fingerprint density at radius 3 is 2.65 bits per heavy atom. The van der Waals surface area contributed by atoms with Crippen molar-refractivity contribution in [2.24, 2.45) is 0 Å². The van der Waals surface area contributed by atoms with E-state index in [1.165, 1.54) is 6.07 Å². The van der Waals surface area contributed by atoms with E-state index in [4.69, 9.17) is 4.74 Å². The largest absolute Gasteiger partial charge is 0.497 e. The van der Waals surface area contributed by atoms with Crippen molar-refractivity contribution in [1.82, 2.24) is 20.3 Å². The molecule has 0 bridgehead atoms. The number of amides is 1. The average Bonchev–Trinajstić information content (AvgIpc) is 3.56. The number of nitrogens with one attached hydrogen (secondary N) is 3. The van der Waals surface area contributed by atoms with E-state index in [1.54, 1.807) is 25.4 Å². The van der Waals surface area contributed by atoms with E-state index in [0.717, 1.165) is 47.2 Å². The monoisotopic (exact) mass is 544 g/mol. The average molecular weight is 545 g/mol. The maximum absolute atomic E-state index is 13.4. The highest BCUT2D eigenvalue weighted by Gasteiger charge is 2.21. The van der Waals surface area contributed by atoms with Crippen LogP contribution >= 0.6 is 0 Å². The molecule has 40 heavy (non-hydrogen) atoms. The third-order valence-electron chi connectivity index (χ3n) is 7.19. The van der Waals surface area contributed by atoms with Crippen LogP contribution < -0.4 is 10.1 Å². The maximum atomic E-state index is 13.4. The number of aromatic nitrogens is 3. The van der Waals surface area contributed by atoms with Crippen LogP contribution in [-0.4, -0.2) is 44.8 Å². The van der Waals surface area contributed by atoms with E-state index >= 15 is 0 Å². The number of ether oxygens (including phenoxy) is 1. The van der Waals surface area contributed by atoms with E-state index in [-0.39, 0.29) is 29.7 Å². The number of unbranched alkanes of at least 4 members (excludes halogenated alkanes) is 2. The van der Waals surface area contributed by atoms with Gasteiger partial charge in [-0.1, -0.05) is 31.9 Å². The molecule has 0 unspecified atom stereocenters. The first-order valence-corrected chi connectivity index (χ1v) is 13.6. The fraction of sp³-hybridized carbons (Fsp3) is 0.355. The van der Waals surface area contributed by atoms with Crippen molar-refractivity contribution in [2.45, 2.75) is 64.8 Å². The highest BCUT2D eigenvalue weighted by molar-refractivity contribution is 5.91. The molecule has 0 spiro atoms. The van der Waals surface area contributed by atoms with Gasteiger partial charge in [0, 0.05) is 35.0 Å². The Labute approximate surface area is 233 Å². The molecular weight excluding hydrogens is 508 g/mol. The molecule has 0 radical (unpaired) electrons. The first kappa shape index (κ1) is 28.6. The number of aryl methyl sites for hydroxylation is 1. The number of carboxylic acid groups (broad SMARTS) is 1. The second kappa shape index (κ2) is 13.1.